The molecule has 1 heterocycles. The number of anilines is 2. The van der Waals surface area contributed by atoms with Crippen molar-refractivity contribution in [3.05, 3.63) is 53.1 Å². The molecule has 0 spiro atoms. The molecule has 26 heavy (non-hydrogen) atoms. The second-order valence-electron chi connectivity index (χ2n) is 6.62. The van der Waals surface area contributed by atoms with Crippen LogP contribution < -0.4 is 10.2 Å². The molecule has 0 unspecified atom stereocenters. The van der Waals surface area contributed by atoms with Crippen LogP contribution in [0.2, 0.25) is 5.02 Å². The van der Waals surface area contributed by atoms with Gasteiger partial charge in [0, 0.05) is 30.7 Å². The minimum atomic E-state index is -0.242. The molecule has 138 valence electrons. The Bertz CT molecular complexity index is 775. The summed E-state index contributed by atoms with van der Waals surface area (Å²) in [5.74, 6) is 0.184. The minimum Gasteiger partial charge on any atom is -0.508 e. The van der Waals surface area contributed by atoms with E-state index in [0.29, 0.717) is 22.8 Å². The average Bonchev–Trinajstić information content (AvgIpc) is 2.64. The standard InChI is InChI=1S/C20H24ClN3O2/c1-23(14-15-7-3-4-8-19(15)25)20(26)22-17-13-16(21)9-10-18(17)24-11-5-2-6-12-24/h3-4,7-10,13,25H,2,5-6,11-12,14H2,1H3,(H,22,26). The van der Waals surface area contributed by atoms with Gasteiger partial charge in [0.1, 0.15) is 5.75 Å². The van der Waals surface area contributed by atoms with E-state index in [-0.39, 0.29) is 11.8 Å². The topological polar surface area (TPSA) is 55.8 Å². The van der Waals surface area contributed by atoms with Gasteiger partial charge in [-0.3, -0.25) is 0 Å². The number of phenols is 1. The lowest BCUT2D eigenvalue weighted by Crippen LogP contribution is -2.33. The van der Waals surface area contributed by atoms with Gasteiger partial charge < -0.3 is 20.2 Å². The highest BCUT2D eigenvalue weighted by Gasteiger charge is 2.18. The molecule has 2 aromatic rings. The number of piperidine rings is 1. The van der Waals surface area contributed by atoms with Crippen LogP contribution in [0.1, 0.15) is 24.8 Å². The summed E-state index contributed by atoms with van der Waals surface area (Å²) in [6, 6.07) is 12.4. The highest BCUT2D eigenvalue weighted by atomic mass is 35.5. The number of hydrogen-bond donors (Lipinski definition) is 2. The van der Waals surface area contributed by atoms with Crippen LogP contribution in [0.25, 0.3) is 0 Å². The molecular formula is C20H24ClN3O2. The zero-order valence-corrected chi connectivity index (χ0v) is 15.7. The van der Waals surface area contributed by atoms with Crippen molar-refractivity contribution in [2.45, 2.75) is 25.8 Å². The summed E-state index contributed by atoms with van der Waals surface area (Å²) in [5.41, 5.74) is 2.42. The van der Waals surface area contributed by atoms with Crippen LogP contribution in [-0.2, 0) is 6.54 Å². The number of rotatable bonds is 4. The van der Waals surface area contributed by atoms with Crippen molar-refractivity contribution in [3.8, 4) is 5.75 Å². The zero-order valence-electron chi connectivity index (χ0n) is 14.9. The molecule has 0 aromatic heterocycles. The van der Waals surface area contributed by atoms with Crippen LogP contribution >= 0.6 is 11.6 Å². The van der Waals surface area contributed by atoms with E-state index < -0.39 is 0 Å². The molecule has 2 N–H and O–H groups in total. The van der Waals surface area contributed by atoms with Crippen LogP contribution in [0, 0.1) is 0 Å². The summed E-state index contributed by atoms with van der Waals surface area (Å²) in [6.45, 7) is 2.29. The summed E-state index contributed by atoms with van der Waals surface area (Å²) >= 11 is 6.15. The number of para-hydroxylation sites is 1. The third-order valence-electron chi connectivity index (χ3n) is 4.64. The Labute approximate surface area is 159 Å². The average molecular weight is 374 g/mol. The van der Waals surface area contributed by atoms with E-state index >= 15 is 0 Å². The van der Waals surface area contributed by atoms with E-state index in [4.69, 9.17) is 11.6 Å². The van der Waals surface area contributed by atoms with E-state index in [2.05, 4.69) is 10.2 Å². The summed E-state index contributed by atoms with van der Waals surface area (Å²) in [5, 5.41) is 13.5. The molecule has 1 aliphatic heterocycles. The zero-order chi connectivity index (χ0) is 18.5. The molecule has 3 rings (SSSR count). The Kier molecular flexibility index (Phi) is 5.89. The van der Waals surface area contributed by atoms with Crippen molar-refractivity contribution < 1.29 is 9.90 Å². The number of carbonyl (C=O) groups excluding carboxylic acids is 1. The first-order valence-corrected chi connectivity index (χ1v) is 9.26. The molecule has 2 aromatic carbocycles. The molecule has 0 saturated carbocycles. The van der Waals surface area contributed by atoms with E-state index in [1.165, 1.54) is 11.3 Å². The predicted octanol–water partition coefficient (Wildman–Crippen LogP) is 4.70. The van der Waals surface area contributed by atoms with E-state index in [1.807, 2.05) is 18.2 Å². The van der Waals surface area contributed by atoms with Crippen LogP contribution in [0.5, 0.6) is 5.75 Å². The van der Waals surface area contributed by atoms with Crippen molar-refractivity contribution in [2.75, 3.05) is 30.4 Å². The van der Waals surface area contributed by atoms with Crippen molar-refractivity contribution in [2.24, 2.45) is 0 Å². The van der Waals surface area contributed by atoms with Gasteiger partial charge in [-0.1, -0.05) is 29.8 Å². The van der Waals surface area contributed by atoms with Crippen LogP contribution in [0.15, 0.2) is 42.5 Å². The first-order chi connectivity index (χ1) is 12.5. The van der Waals surface area contributed by atoms with Gasteiger partial charge in [-0.25, -0.2) is 4.79 Å². The highest BCUT2D eigenvalue weighted by molar-refractivity contribution is 6.31. The number of phenolic OH excluding ortho intramolecular Hbond substituents is 1. The molecule has 0 radical (unpaired) electrons. The third kappa shape index (κ3) is 4.41. The maximum atomic E-state index is 12.6. The maximum Gasteiger partial charge on any atom is 0.321 e. The molecule has 1 aliphatic rings. The van der Waals surface area contributed by atoms with E-state index in [9.17, 15) is 9.90 Å². The lowest BCUT2D eigenvalue weighted by molar-refractivity contribution is 0.220. The summed E-state index contributed by atoms with van der Waals surface area (Å²) in [6.07, 6.45) is 3.56. The molecule has 0 aliphatic carbocycles. The Morgan fingerprint density at radius 3 is 2.65 bits per heavy atom. The number of amides is 2. The van der Waals surface area contributed by atoms with Crippen molar-refractivity contribution >= 4 is 29.0 Å². The molecule has 1 fully saturated rings. The Balaban J connectivity index is 1.74. The number of nitrogens with one attached hydrogen (secondary N) is 1. The normalized spacial score (nSPS) is 14.2. The number of nitrogens with zero attached hydrogens (tertiary/aromatic N) is 2. The summed E-state index contributed by atoms with van der Waals surface area (Å²) in [4.78, 5) is 16.5. The first kappa shape index (κ1) is 18.4. The largest absolute Gasteiger partial charge is 0.508 e. The lowest BCUT2D eigenvalue weighted by atomic mass is 10.1. The van der Waals surface area contributed by atoms with E-state index in [0.717, 1.165) is 31.6 Å². The van der Waals surface area contributed by atoms with Gasteiger partial charge >= 0.3 is 6.03 Å². The molecular weight excluding hydrogens is 350 g/mol. The number of aromatic hydroxyl groups is 1. The second-order valence-corrected chi connectivity index (χ2v) is 7.06. The predicted molar refractivity (Wildman–Crippen MR) is 106 cm³/mol. The van der Waals surface area contributed by atoms with Gasteiger partial charge in [0.15, 0.2) is 0 Å². The van der Waals surface area contributed by atoms with Crippen LogP contribution in [0.3, 0.4) is 0 Å². The number of urea groups is 1. The van der Waals surface area contributed by atoms with Gasteiger partial charge in [-0.2, -0.15) is 0 Å². The van der Waals surface area contributed by atoms with Gasteiger partial charge in [0.25, 0.3) is 0 Å². The Morgan fingerprint density at radius 2 is 1.92 bits per heavy atom. The third-order valence-corrected chi connectivity index (χ3v) is 4.88. The summed E-state index contributed by atoms with van der Waals surface area (Å²) < 4.78 is 0. The SMILES string of the molecule is CN(Cc1ccccc1O)C(=O)Nc1cc(Cl)ccc1N1CCCCC1. The smallest absolute Gasteiger partial charge is 0.321 e. The van der Waals surface area contributed by atoms with Crippen LogP contribution in [0.4, 0.5) is 16.2 Å². The van der Waals surface area contributed by atoms with Gasteiger partial charge in [0.05, 0.1) is 17.9 Å². The lowest BCUT2D eigenvalue weighted by Gasteiger charge is -2.31. The fourth-order valence-corrected chi connectivity index (χ4v) is 3.37. The summed E-state index contributed by atoms with van der Waals surface area (Å²) in [7, 11) is 1.70. The molecule has 0 bridgehead atoms. The number of benzene rings is 2. The molecule has 5 nitrogen and oxygen atoms in total. The second kappa shape index (κ2) is 8.32. The van der Waals surface area contributed by atoms with Gasteiger partial charge in [0.2, 0.25) is 0 Å². The highest BCUT2D eigenvalue weighted by Crippen LogP contribution is 2.31. The monoisotopic (exact) mass is 373 g/mol. The quantitative estimate of drug-likeness (QED) is 0.816. The maximum absolute atomic E-state index is 12.6. The Morgan fingerprint density at radius 1 is 1.19 bits per heavy atom. The van der Waals surface area contributed by atoms with Crippen LogP contribution in [-0.4, -0.2) is 36.2 Å². The first-order valence-electron chi connectivity index (χ1n) is 8.88. The number of carbonyl (C=O) groups is 1. The number of halogens is 1. The fraction of sp³-hybridized carbons (Fsp3) is 0.350. The van der Waals surface area contributed by atoms with Gasteiger partial charge in [-0.05, 0) is 43.5 Å². The fourth-order valence-electron chi connectivity index (χ4n) is 3.20. The molecule has 0 atom stereocenters. The van der Waals surface area contributed by atoms with E-state index in [1.54, 1.807) is 31.3 Å². The van der Waals surface area contributed by atoms with Gasteiger partial charge in [-0.15, -0.1) is 0 Å². The minimum absolute atomic E-state index is 0.184. The van der Waals surface area contributed by atoms with Crippen molar-refractivity contribution in [1.29, 1.82) is 0 Å². The molecule has 6 heteroatoms. The molecule has 1 saturated heterocycles. The molecule has 2 amide bonds. The van der Waals surface area contributed by atoms with Crippen molar-refractivity contribution in [1.82, 2.24) is 4.90 Å². The number of hydrogen-bond acceptors (Lipinski definition) is 3. The van der Waals surface area contributed by atoms with Crippen molar-refractivity contribution in [3.63, 3.8) is 0 Å². The Hall–Kier alpha value is -2.40.